The molecule has 0 radical (unpaired) electrons. The van der Waals surface area contributed by atoms with Crippen LogP contribution in [0.25, 0.3) is 0 Å². The molecule has 114 valence electrons. The highest BCUT2D eigenvalue weighted by molar-refractivity contribution is 5.76. The van der Waals surface area contributed by atoms with E-state index >= 15 is 0 Å². The number of hydrogen-bond acceptors (Lipinski definition) is 3. The topological polar surface area (TPSA) is 32.8 Å². The van der Waals surface area contributed by atoms with Gasteiger partial charge in [-0.2, -0.15) is 0 Å². The summed E-state index contributed by atoms with van der Waals surface area (Å²) in [5.41, 5.74) is 0. The van der Waals surface area contributed by atoms with Crippen LogP contribution in [0.5, 0.6) is 0 Å². The van der Waals surface area contributed by atoms with Gasteiger partial charge in [-0.25, -0.2) is 0 Å². The molecule has 2 heterocycles. The number of ether oxygens (including phenoxy) is 1. The molecule has 0 spiro atoms. The first-order chi connectivity index (χ1) is 9.61. The maximum absolute atomic E-state index is 12.2. The number of carbonyl (C=O) groups is 1. The van der Waals surface area contributed by atoms with Gasteiger partial charge in [-0.3, -0.25) is 9.69 Å². The normalized spacial score (nSPS) is 37.0. The van der Waals surface area contributed by atoms with Crippen molar-refractivity contribution in [2.45, 2.75) is 64.2 Å². The van der Waals surface area contributed by atoms with Gasteiger partial charge in [-0.1, -0.05) is 0 Å². The number of likely N-dealkylation sites (tertiary alicyclic amines) is 1. The summed E-state index contributed by atoms with van der Waals surface area (Å²) in [5, 5.41) is 0. The summed E-state index contributed by atoms with van der Waals surface area (Å²) in [6.45, 7) is 8.33. The maximum atomic E-state index is 12.2. The average Bonchev–Trinajstić information content (AvgIpc) is 3.20. The molecule has 3 fully saturated rings. The molecule has 3 rings (SSSR count). The van der Waals surface area contributed by atoms with Crippen molar-refractivity contribution in [3.05, 3.63) is 0 Å². The highest BCUT2D eigenvalue weighted by atomic mass is 16.5. The van der Waals surface area contributed by atoms with Crippen molar-refractivity contribution >= 4 is 5.91 Å². The minimum Gasteiger partial charge on any atom is -0.373 e. The third-order valence-electron chi connectivity index (χ3n) is 4.92. The van der Waals surface area contributed by atoms with Gasteiger partial charge in [0.15, 0.2) is 0 Å². The van der Waals surface area contributed by atoms with E-state index in [1.54, 1.807) is 0 Å². The number of rotatable bonds is 3. The second-order valence-electron chi connectivity index (χ2n) is 6.98. The zero-order chi connectivity index (χ0) is 14.1. The smallest absolute Gasteiger partial charge is 0.222 e. The Morgan fingerprint density at radius 2 is 1.80 bits per heavy atom. The lowest BCUT2D eigenvalue weighted by molar-refractivity contribution is -0.130. The summed E-state index contributed by atoms with van der Waals surface area (Å²) in [6.07, 6.45) is 6.19. The van der Waals surface area contributed by atoms with Gasteiger partial charge in [-0.05, 0) is 45.4 Å². The Kier molecular flexibility index (Phi) is 4.32. The van der Waals surface area contributed by atoms with Crippen LogP contribution in [0.4, 0.5) is 0 Å². The van der Waals surface area contributed by atoms with E-state index in [0.29, 0.717) is 24.2 Å². The summed E-state index contributed by atoms with van der Waals surface area (Å²) in [4.78, 5) is 16.9. The molecule has 4 heteroatoms. The number of nitrogens with zero attached hydrogens (tertiary/aromatic N) is 2. The van der Waals surface area contributed by atoms with Gasteiger partial charge in [0.25, 0.3) is 0 Å². The molecule has 0 aromatic rings. The Morgan fingerprint density at radius 3 is 2.45 bits per heavy atom. The van der Waals surface area contributed by atoms with Crippen molar-refractivity contribution in [1.29, 1.82) is 0 Å². The minimum atomic E-state index is 0.320. The van der Waals surface area contributed by atoms with Gasteiger partial charge in [0, 0.05) is 38.6 Å². The summed E-state index contributed by atoms with van der Waals surface area (Å²) >= 11 is 0. The highest BCUT2D eigenvalue weighted by Gasteiger charge is 2.33. The minimum absolute atomic E-state index is 0.320. The molecule has 2 saturated heterocycles. The lowest BCUT2D eigenvalue weighted by atomic mass is 10.0. The molecule has 0 N–H and O–H groups in total. The van der Waals surface area contributed by atoms with Gasteiger partial charge in [0.1, 0.15) is 0 Å². The van der Waals surface area contributed by atoms with E-state index < -0.39 is 0 Å². The molecule has 2 aliphatic heterocycles. The first-order valence-electron chi connectivity index (χ1n) is 8.29. The predicted octanol–water partition coefficient (Wildman–Crippen LogP) is 1.89. The van der Waals surface area contributed by atoms with Crippen LogP contribution in [0.1, 0.15) is 46.0 Å². The third kappa shape index (κ3) is 3.53. The number of morpholine rings is 1. The zero-order valence-electron chi connectivity index (χ0n) is 12.9. The first-order valence-corrected chi connectivity index (χ1v) is 8.29. The van der Waals surface area contributed by atoms with Crippen LogP contribution >= 0.6 is 0 Å². The van der Waals surface area contributed by atoms with Crippen molar-refractivity contribution in [3.8, 4) is 0 Å². The second-order valence-corrected chi connectivity index (χ2v) is 6.98. The summed E-state index contributed by atoms with van der Waals surface area (Å²) in [7, 11) is 0. The van der Waals surface area contributed by atoms with Crippen LogP contribution in [0.15, 0.2) is 0 Å². The van der Waals surface area contributed by atoms with Crippen molar-refractivity contribution in [2.24, 2.45) is 5.92 Å². The van der Waals surface area contributed by atoms with Gasteiger partial charge >= 0.3 is 0 Å². The van der Waals surface area contributed by atoms with Crippen molar-refractivity contribution < 1.29 is 9.53 Å². The van der Waals surface area contributed by atoms with E-state index in [1.807, 2.05) is 0 Å². The molecule has 1 amide bonds. The SMILES string of the molecule is C[C@@H]1CN(C2CCC(=O)N(CC3CC3)CC2)C[C@H](C)O1. The summed E-state index contributed by atoms with van der Waals surface area (Å²) < 4.78 is 5.82. The van der Waals surface area contributed by atoms with Crippen LogP contribution < -0.4 is 0 Å². The molecule has 4 nitrogen and oxygen atoms in total. The fourth-order valence-electron chi connectivity index (χ4n) is 3.71. The molecule has 20 heavy (non-hydrogen) atoms. The van der Waals surface area contributed by atoms with Crippen LogP contribution in [-0.2, 0) is 9.53 Å². The summed E-state index contributed by atoms with van der Waals surface area (Å²) in [5.74, 6) is 1.19. The van der Waals surface area contributed by atoms with E-state index in [0.717, 1.165) is 51.4 Å². The molecule has 1 aliphatic carbocycles. The standard InChI is InChI=1S/C16H28N2O2/c1-12-9-18(10-13(2)20-12)15-5-6-16(19)17(8-7-15)11-14-3-4-14/h12-15H,3-11H2,1-2H3/t12-,13+,15?. The fourth-order valence-corrected chi connectivity index (χ4v) is 3.71. The van der Waals surface area contributed by atoms with Gasteiger partial charge in [-0.15, -0.1) is 0 Å². The highest BCUT2D eigenvalue weighted by Crippen LogP contribution is 2.31. The molecular weight excluding hydrogens is 252 g/mol. The molecule has 0 aromatic carbocycles. The van der Waals surface area contributed by atoms with Gasteiger partial charge in [0.2, 0.25) is 5.91 Å². The van der Waals surface area contributed by atoms with Crippen molar-refractivity contribution in [2.75, 3.05) is 26.2 Å². The van der Waals surface area contributed by atoms with Crippen LogP contribution in [0.2, 0.25) is 0 Å². The van der Waals surface area contributed by atoms with E-state index in [9.17, 15) is 4.79 Å². The second kappa shape index (κ2) is 6.02. The molecule has 0 bridgehead atoms. The third-order valence-corrected chi connectivity index (χ3v) is 4.92. The Labute approximate surface area is 122 Å². The quantitative estimate of drug-likeness (QED) is 0.791. The lowest BCUT2D eigenvalue weighted by Gasteiger charge is -2.40. The number of carbonyl (C=O) groups excluding carboxylic acids is 1. The average molecular weight is 280 g/mol. The molecule has 1 unspecified atom stereocenters. The fraction of sp³-hybridized carbons (Fsp3) is 0.938. The first kappa shape index (κ1) is 14.3. The molecule has 0 aromatic heterocycles. The van der Waals surface area contributed by atoms with E-state index in [1.165, 1.54) is 12.8 Å². The number of hydrogen-bond donors (Lipinski definition) is 0. The van der Waals surface area contributed by atoms with E-state index in [4.69, 9.17) is 4.74 Å². The van der Waals surface area contributed by atoms with Crippen LogP contribution in [0.3, 0.4) is 0 Å². The monoisotopic (exact) mass is 280 g/mol. The maximum Gasteiger partial charge on any atom is 0.222 e. The lowest BCUT2D eigenvalue weighted by Crippen LogP contribution is -2.50. The molecule has 3 atom stereocenters. The Balaban J connectivity index is 1.56. The molecule has 3 aliphatic rings. The van der Waals surface area contributed by atoms with E-state index in [-0.39, 0.29) is 0 Å². The van der Waals surface area contributed by atoms with Gasteiger partial charge < -0.3 is 9.64 Å². The van der Waals surface area contributed by atoms with Crippen molar-refractivity contribution in [1.82, 2.24) is 9.80 Å². The Hall–Kier alpha value is -0.610. The largest absolute Gasteiger partial charge is 0.373 e. The van der Waals surface area contributed by atoms with Crippen molar-refractivity contribution in [3.63, 3.8) is 0 Å². The molecule has 1 saturated carbocycles. The molecular formula is C16H28N2O2. The van der Waals surface area contributed by atoms with Crippen LogP contribution in [-0.4, -0.2) is 60.1 Å². The number of amides is 1. The summed E-state index contributed by atoms with van der Waals surface area (Å²) in [6, 6.07) is 0.567. The van der Waals surface area contributed by atoms with E-state index in [2.05, 4.69) is 23.6 Å². The Bertz CT molecular complexity index is 346. The zero-order valence-corrected chi connectivity index (χ0v) is 12.9. The van der Waals surface area contributed by atoms with Crippen LogP contribution in [0, 0.1) is 5.92 Å². The Morgan fingerprint density at radius 1 is 1.10 bits per heavy atom. The van der Waals surface area contributed by atoms with Gasteiger partial charge in [0.05, 0.1) is 12.2 Å². The predicted molar refractivity (Wildman–Crippen MR) is 78.5 cm³/mol.